The Morgan fingerprint density at radius 2 is 2.14 bits per heavy atom. The van der Waals surface area contributed by atoms with E-state index >= 15 is 0 Å². The number of pyridine rings is 1. The van der Waals surface area contributed by atoms with Crippen molar-refractivity contribution < 1.29 is 24.2 Å². The zero-order chi connectivity index (χ0) is 20.8. The van der Waals surface area contributed by atoms with Crippen LogP contribution in [0.2, 0.25) is 0 Å². The minimum Gasteiger partial charge on any atom is -0.400 e. The van der Waals surface area contributed by atoms with Crippen LogP contribution in [0, 0.1) is 5.82 Å². The van der Waals surface area contributed by atoms with Crippen LogP contribution in [-0.2, 0) is 4.84 Å². The second kappa shape index (κ2) is 9.70. The van der Waals surface area contributed by atoms with Gasteiger partial charge in [-0.15, -0.1) is 0 Å². The summed E-state index contributed by atoms with van der Waals surface area (Å²) in [6.07, 6.45) is 5.34. The Bertz CT molecular complexity index is 993. The van der Waals surface area contributed by atoms with Crippen LogP contribution < -0.4 is 10.8 Å². The Morgan fingerprint density at radius 1 is 1.34 bits per heavy atom. The van der Waals surface area contributed by atoms with Crippen molar-refractivity contribution in [3.63, 3.8) is 0 Å². The third-order valence-corrected chi connectivity index (χ3v) is 5.10. The number of hydroxylamine groups is 1. The molecule has 0 spiro atoms. The van der Waals surface area contributed by atoms with E-state index in [4.69, 9.17) is 15.1 Å². The van der Waals surface area contributed by atoms with Crippen molar-refractivity contribution in [2.45, 2.75) is 18.8 Å². The van der Waals surface area contributed by atoms with Gasteiger partial charge >= 0.3 is 0 Å². The molecular formula is C19H21FN4O4S. The van der Waals surface area contributed by atoms with Gasteiger partial charge in [0.1, 0.15) is 5.82 Å². The molecule has 10 heteroatoms. The van der Waals surface area contributed by atoms with Crippen LogP contribution in [0.3, 0.4) is 0 Å². The highest BCUT2D eigenvalue weighted by Crippen LogP contribution is 2.41. The minimum atomic E-state index is -0.601. The van der Waals surface area contributed by atoms with Gasteiger partial charge in [0, 0.05) is 18.7 Å². The molecule has 0 atom stereocenters. The van der Waals surface area contributed by atoms with Gasteiger partial charge in [-0.2, -0.15) is 4.37 Å². The zero-order valence-corrected chi connectivity index (χ0v) is 16.5. The number of anilines is 2. The Kier molecular flexibility index (Phi) is 7.04. The number of aromatic nitrogens is 2. The quantitative estimate of drug-likeness (QED) is 0.343. The summed E-state index contributed by atoms with van der Waals surface area (Å²) in [5.41, 5.74) is 3.87. The average Bonchev–Trinajstić information content (AvgIpc) is 3.48. The number of carbonyl (C=O) groups excluding carboxylic acids is 1. The first kappa shape index (κ1) is 21.1. The summed E-state index contributed by atoms with van der Waals surface area (Å²) < 4.78 is 19.4. The van der Waals surface area contributed by atoms with E-state index in [0.717, 1.165) is 30.9 Å². The number of nitrogens with one attached hydrogen (secondary N) is 2. The van der Waals surface area contributed by atoms with Crippen LogP contribution in [0.5, 0.6) is 0 Å². The summed E-state index contributed by atoms with van der Waals surface area (Å²) in [5, 5.41) is 19.5. The van der Waals surface area contributed by atoms with Gasteiger partial charge in [0.05, 0.1) is 35.5 Å². The number of fused-ring (bicyclic) bond motifs is 1. The number of carbonyl (C=O) groups is 1. The largest absolute Gasteiger partial charge is 0.400 e. The molecule has 4 N–H and O–H groups in total. The SMILES string of the molecule is CO.O=C(NOCCO)c1ncc2cnsc2c1Nc1ccc(C2CC2)cc1F. The number of hydrogen-bond donors (Lipinski definition) is 4. The lowest BCUT2D eigenvalue weighted by atomic mass is 10.1. The summed E-state index contributed by atoms with van der Waals surface area (Å²) in [5.74, 6) is -0.537. The fourth-order valence-corrected chi connectivity index (χ4v) is 3.49. The maximum atomic E-state index is 14.6. The van der Waals surface area contributed by atoms with Crippen LogP contribution in [0.15, 0.2) is 30.6 Å². The molecule has 8 nitrogen and oxygen atoms in total. The van der Waals surface area contributed by atoms with Crippen LogP contribution >= 0.6 is 11.5 Å². The number of aliphatic hydroxyl groups is 2. The number of halogens is 1. The molecule has 1 aromatic carbocycles. The van der Waals surface area contributed by atoms with E-state index in [2.05, 4.69) is 20.2 Å². The molecule has 29 heavy (non-hydrogen) atoms. The number of amides is 1. The summed E-state index contributed by atoms with van der Waals surface area (Å²) >= 11 is 1.18. The molecule has 2 aromatic heterocycles. The predicted molar refractivity (Wildman–Crippen MR) is 108 cm³/mol. The highest BCUT2D eigenvalue weighted by atomic mass is 32.1. The van der Waals surface area contributed by atoms with Gasteiger partial charge in [-0.1, -0.05) is 6.07 Å². The van der Waals surface area contributed by atoms with E-state index in [9.17, 15) is 9.18 Å². The summed E-state index contributed by atoms with van der Waals surface area (Å²) in [6.45, 7) is -0.278. The Morgan fingerprint density at radius 3 is 2.83 bits per heavy atom. The van der Waals surface area contributed by atoms with Crippen LogP contribution in [0.4, 0.5) is 15.8 Å². The number of benzene rings is 1. The fourth-order valence-electron chi connectivity index (χ4n) is 2.77. The van der Waals surface area contributed by atoms with E-state index < -0.39 is 5.91 Å². The standard InChI is InChI=1S/C18H17FN4O3S.CH4O/c19-13-7-11(10-1-2-10)3-4-14(13)22-15-16(18(25)23-26-6-5-24)20-8-12-9-21-27-17(12)15;1-2/h3-4,7-10,22,24H,1-2,5-6H2,(H,23,25);2H,1H3. The van der Waals surface area contributed by atoms with Crippen LogP contribution in [0.25, 0.3) is 10.1 Å². The van der Waals surface area contributed by atoms with Gasteiger partial charge in [-0.3, -0.25) is 9.63 Å². The highest BCUT2D eigenvalue weighted by molar-refractivity contribution is 7.14. The van der Waals surface area contributed by atoms with E-state index in [1.807, 2.05) is 6.07 Å². The van der Waals surface area contributed by atoms with Crippen LogP contribution in [0.1, 0.15) is 34.8 Å². The molecule has 0 radical (unpaired) electrons. The molecule has 1 saturated carbocycles. The normalized spacial score (nSPS) is 13.0. The molecule has 154 valence electrons. The van der Waals surface area contributed by atoms with Crippen molar-refractivity contribution in [1.29, 1.82) is 0 Å². The van der Waals surface area contributed by atoms with Gasteiger partial charge in [0.15, 0.2) is 5.69 Å². The van der Waals surface area contributed by atoms with E-state index in [-0.39, 0.29) is 30.4 Å². The Labute approximate surface area is 170 Å². The summed E-state index contributed by atoms with van der Waals surface area (Å²) in [6, 6.07) is 5.10. The van der Waals surface area contributed by atoms with Crippen molar-refractivity contribution in [2.75, 3.05) is 25.6 Å². The predicted octanol–water partition coefficient (Wildman–Crippen LogP) is 2.71. The van der Waals surface area contributed by atoms with Gasteiger partial charge in [0.2, 0.25) is 0 Å². The lowest BCUT2D eigenvalue weighted by Crippen LogP contribution is -2.26. The third-order valence-electron chi connectivity index (χ3n) is 4.27. The maximum Gasteiger partial charge on any atom is 0.295 e. The lowest BCUT2D eigenvalue weighted by Gasteiger charge is -2.13. The highest BCUT2D eigenvalue weighted by Gasteiger charge is 2.25. The molecule has 0 bridgehead atoms. The van der Waals surface area contributed by atoms with E-state index in [0.29, 0.717) is 16.3 Å². The van der Waals surface area contributed by atoms with Crippen LogP contribution in [-0.4, -0.2) is 45.8 Å². The molecule has 1 aliphatic rings. The van der Waals surface area contributed by atoms with Gasteiger partial charge in [-0.25, -0.2) is 14.9 Å². The van der Waals surface area contributed by atoms with Gasteiger partial charge in [0.25, 0.3) is 5.91 Å². The third kappa shape index (κ3) is 4.85. The molecule has 1 fully saturated rings. The van der Waals surface area contributed by atoms with Crippen molar-refractivity contribution in [1.82, 2.24) is 14.8 Å². The van der Waals surface area contributed by atoms with Crippen molar-refractivity contribution >= 4 is 38.9 Å². The number of aliphatic hydroxyl groups excluding tert-OH is 2. The van der Waals surface area contributed by atoms with Gasteiger partial charge < -0.3 is 15.5 Å². The molecule has 1 amide bonds. The van der Waals surface area contributed by atoms with Crippen molar-refractivity contribution in [3.05, 3.63) is 47.7 Å². The molecule has 3 aromatic rings. The van der Waals surface area contributed by atoms with E-state index in [1.165, 1.54) is 23.8 Å². The Balaban J connectivity index is 0.00000117. The lowest BCUT2D eigenvalue weighted by molar-refractivity contribution is 0.0165. The minimum absolute atomic E-state index is 0.0471. The second-order valence-electron chi connectivity index (χ2n) is 6.23. The Hall–Kier alpha value is -2.66. The van der Waals surface area contributed by atoms with E-state index in [1.54, 1.807) is 12.3 Å². The first-order chi connectivity index (χ1) is 14.2. The van der Waals surface area contributed by atoms with Crippen molar-refractivity contribution in [2.24, 2.45) is 0 Å². The monoisotopic (exact) mass is 420 g/mol. The smallest absolute Gasteiger partial charge is 0.295 e. The zero-order valence-electron chi connectivity index (χ0n) is 15.7. The van der Waals surface area contributed by atoms with Crippen molar-refractivity contribution in [3.8, 4) is 0 Å². The molecular weight excluding hydrogens is 399 g/mol. The summed E-state index contributed by atoms with van der Waals surface area (Å²) in [4.78, 5) is 21.4. The molecule has 0 aliphatic heterocycles. The first-order valence-electron chi connectivity index (χ1n) is 8.95. The average molecular weight is 420 g/mol. The molecule has 0 saturated heterocycles. The van der Waals surface area contributed by atoms with Gasteiger partial charge in [-0.05, 0) is 48.0 Å². The number of rotatable bonds is 7. The second-order valence-corrected chi connectivity index (χ2v) is 7.04. The fraction of sp³-hybridized carbons (Fsp3) is 0.316. The maximum absolute atomic E-state index is 14.6. The molecule has 0 unspecified atom stereocenters. The first-order valence-corrected chi connectivity index (χ1v) is 9.72. The molecule has 2 heterocycles. The molecule has 1 aliphatic carbocycles. The number of nitrogens with zero attached hydrogens (tertiary/aromatic N) is 2. The topological polar surface area (TPSA) is 117 Å². The summed E-state index contributed by atoms with van der Waals surface area (Å²) in [7, 11) is 1.00. The molecule has 4 rings (SSSR count). The number of hydrogen-bond acceptors (Lipinski definition) is 8.